The van der Waals surface area contributed by atoms with Crippen molar-refractivity contribution in [2.75, 3.05) is 20.8 Å². The highest BCUT2D eigenvalue weighted by Gasteiger charge is 2.38. The largest absolute Gasteiger partial charge is 0.497 e. The van der Waals surface area contributed by atoms with Gasteiger partial charge in [0.05, 0.1) is 20.3 Å². The minimum absolute atomic E-state index is 0.0698. The van der Waals surface area contributed by atoms with E-state index in [0.29, 0.717) is 6.04 Å². The number of benzene rings is 1. The molecule has 1 aromatic carbocycles. The van der Waals surface area contributed by atoms with Crippen LogP contribution in [0, 0.1) is 0 Å². The van der Waals surface area contributed by atoms with E-state index in [4.69, 9.17) is 9.47 Å². The van der Waals surface area contributed by atoms with E-state index in [9.17, 15) is 4.79 Å². The molecule has 0 radical (unpaired) electrons. The minimum Gasteiger partial charge on any atom is -0.497 e. The third-order valence-electron chi connectivity index (χ3n) is 5.25. The minimum atomic E-state index is -0.138. The van der Waals surface area contributed by atoms with Crippen LogP contribution in [0.15, 0.2) is 18.2 Å². The van der Waals surface area contributed by atoms with Gasteiger partial charge < -0.3 is 14.4 Å². The van der Waals surface area contributed by atoms with Crippen molar-refractivity contribution < 1.29 is 14.3 Å². The van der Waals surface area contributed by atoms with Gasteiger partial charge in [0.15, 0.2) is 0 Å². The van der Waals surface area contributed by atoms with Crippen molar-refractivity contribution in [2.24, 2.45) is 0 Å². The fraction of sp³-hybridized carbons (Fsp3) is 0.632. The maximum Gasteiger partial charge on any atom is 0.241 e. The summed E-state index contributed by atoms with van der Waals surface area (Å²) in [7, 11) is 3.31. The van der Waals surface area contributed by atoms with E-state index < -0.39 is 0 Å². The summed E-state index contributed by atoms with van der Waals surface area (Å²) in [5.41, 5.74) is 7.52. The maximum absolute atomic E-state index is 13.1. The van der Waals surface area contributed by atoms with Crippen molar-refractivity contribution in [1.29, 1.82) is 0 Å². The molecule has 2 saturated heterocycles. The molecule has 0 aromatic heterocycles. The Morgan fingerprint density at radius 2 is 2.12 bits per heavy atom. The van der Waals surface area contributed by atoms with Crippen LogP contribution >= 0.6 is 0 Å². The van der Waals surface area contributed by atoms with E-state index in [1.807, 2.05) is 23.1 Å². The average molecular weight is 347 g/mol. The number of nitrogens with one attached hydrogen (secondary N) is 2. The van der Waals surface area contributed by atoms with Crippen molar-refractivity contribution in [3.8, 4) is 11.5 Å². The number of nitrogens with zero attached hydrogens (tertiary/aromatic N) is 1. The molecule has 2 fully saturated rings. The van der Waals surface area contributed by atoms with E-state index in [1.165, 1.54) is 0 Å². The molecule has 3 atom stereocenters. The van der Waals surface area contributed by atoms with Gasteiger partial charge in [-0.3, -0.25) is 10.2 Å². The first-order chi connectivity index (χ1) is 12.2. The molecule has 3 rings (SSSR count). The Hall–Kier alpha value is -1.79. The molecule has 0 aliphatic carbocycles. The molecule has 3 unspecified atom stereocenters. The monoisotopic (exact) mass is 347 g/mol. The van der Waals surface area contributed by atoms with Crippen molar-refractivity contribution >= 4 is 5.91 Å². The Bertz CT molecular complexity index is 608. The fourth-order valence-electron chi connectivity index (χ4n) is 3.97. The van der Waals surface area contributed by atoms with Gasteiger partial charge in [0.1, 0.15) is 17.5 Å². The first kappa shape index (κ1) is 18.0. The summed E-state index contributed by atoms with van der Waals surface area (Å²) < 4.78 is 10.8. The van der Waals surface area contributed by atoms with Crippen LogP contribution in [0.3, 0.4) is 0 Å². The van der Waals surface area contributed by atoms with E-state index >= 15 is 0 Å². The summed E-state index contributed by atoms with van der Waals surface area (Å²) in [5.74, 6) is 1.73. The second-order valence-electron chi connectivity index (χ2n) is 6.86. The first-order valence-electron chi connectivity index (χ1n) is 9.21. The summed E-state index contributed by atoms with van der Waals surface area (Å²) in [6.45, 7) is 2.97. The molecular weight excluding hydrogens is 318 g/mol. The standard InChI is InChI=1S/C19H29N3O3/c1-4-6-13-11-16(21-20-13)19(23)22-10-5-7-17(22)15-9-8-14(24-2)12-18(15)25-3/h8-9,12-13,16-17,20-21H,4-7,10-11H2,1-3H3. The molecule has 138 valence electrons. The lowest BCUT2D eigenvalue weighted by Crippen LogP contribution is -2.45. The van der Waals surface area contributed by atoms with E-state index in [1.54, 1.807) is 14.2 Å². The Labute approximate surface area is 149 Å². The number of carbonyl (C=O) groups is 1. The van der Waals surface area contributed by atoms with Crippen molar-refractivity contribution in [3.63, 3.8) is 0 Å². The number of methoxy groups -OCH3 is 2. The van der Waals surface area contributed by atoms with Crippen molar-refractivity contribution in [2.45, 2.75) is 57.2 Å². The molecule has 6 heteroatoms. The predicted molar refractivity (Wildman–Crippen MR) is 96.6 cm³/mol. The molecular formula is C19H29N3O3. The van der Waals surface area contributed by atoms with E-state index in [2.05, 4.69) is 17.8 Å². The Balaban J connectivity index is 1.76. The summed E-state index contributed by atoms with van der Waals surface area (Å²) in [6, 6.07) is 6.17. The predicted octanol–water partition coefficient (Wildman–Crippen LogP) is 2.40. The summed E-state index contributed by atoms with van der Waals surface area (Å²) in [6.07, 6.45) is 5.05. The van der Waals surface area contributed by atoms with E-state index in [0.717, 1.165) is 55.7 Å². The Morgan fingerprint density at radius 3 is 2.84 bits per heavy atom. The molecule has 2 N–H and O–H groups in total. The zero-order valence-electron chi connectivity index (χ0n) is 15.4. The molecule has 1 amide bonds. The molecule has 25 heavy (non-hydrogen) atoms. The third-order valence-corrected chi connectivity index (χ3v) is 5.25. The smallest absolute Gasteiger partial charge is 0.241 e. The van der Waals surface area contributed by atoms with Crippen LogP contribution in [0.1, 0.15) is 50.6 Å². The van der Waals surface area contributed by atoms with Crippen LogP contribution in [-0.4, -0.2) is 43.7 Å². The molecule has 0 bridgehead atoms. The van der Waals surface area contributed by atoms with Gasteiger partial charge >= 0.3 is 0 Å². The first-order valence-corrected chi connectivity index (χ1v) is 9.21. The van der Waals surface area contributed by atoms with Gasteiger partial charge in [-0.15, -0.1) is 0 Å². The quantitative estimate of drug-likeness (QED) is 0.827. The van der Waals surface area contributed by atoms with Crippen LogP contribution in [0.25, 0.3) is 0 Å². The van der Waals surface area contributed by atoms with Crippen LogP contribution in [-0.2, 0) is 4.79 Å². The highest BCUT2D eigenvalue weighted by molar-refractivity contribution is 5.83. The van der Waals surface area contributed by atoms with Crippen LogP contribution in [0.4, 0.5) is 0 Å². The van der Waals surface area contributed by atoms with Crippen molar-refractivity contribution in [1.82, 2.24) is 15.8 Å². The topological polar surface area (TPSA) is 62.8 Å². The van der Waals surface area contributed by atoms with Gasteiger partial charge in [0.2, 0.25) is 5.91 Å². The van der Waals surface area contributed by atoms with Gasteiger partial charge in [-0.25, -0.2) is 5.43 Å². The van der Waals surface area contributed by atoms with Gasteiger partial charge in [0, 0.05) is 24.2 Å². The SMILES string of the molecule is CCCC1CC(C(=O)N2CCCC2c2ccc(OC)cc2OC)NN1. The van der Waals surface area contributed by atoms with Gasteiger partial charge in [-0.2, -0.15) is 0 Å². The van der Waals surface area contributed by atoms with Crippen molar-refractivity contribution in [3.05, 3.63) is 23.8 Å². The number of hydrazine groups is 1. The number of amides is 1. The number of rotatable bonds is 6. The maximum atomic E-state index is 13.1. The highest BCUT2D eigenvalue weighted by Crippen LogP contribution is 2.39. The number of ether oxygens (including phenoxy) is 2. The zero-order valence-corrected chi connectivity index (χ0v) is 15.4. The Morgan fingerprint density at radius 1 is 1.28 bits per heavy atom. The second-order valence-corrected chi connectivity index (χ2v) is 6.86. The highest BCUT2D eigenvalue weighted by atomic mass is 16.5. The summed E-state index contributed by atoms with van der Waals surface area (Å²) in [5, 5.41) is 0. The van der Waals surface area contributed by atoms with Gasteiger partial charge in [-0.1, -0.05) is 13.3 Å². The van der Waals surface area contributed by atoms with Crippen LogP contribution < -0.4 is 20.3 Å². The lowest BCUT2D eigenvalue weighted by Gasteiger charge is -2.28. The van der Waals surface area contributed by atoms with Gasteiger partial charge in [0.25, 0.3) is 0 Å². The lowest BCUT2D eigenvalue weighted by molar-refractivity contribution is -0.134. The van der Waals surface area contributed by atoms with Gasteiger partial charge in [-0.05, 0) is 37.8 Å². The number of carbonyl (C=O) groups excluding carboxylic acids is 1. The van der Waals surface area contributed by atoms with Crippen LogP contribution in [0.2, 0.25) is 0 Å². The number of hydrogen-bond acceptors (Lipinski definition) is 5. The number of likely N-dealkylation sites (tertiary alicyclic amines) is 1. The lowest BCUT2D eigenvalue weighted by atomic mass is 10.0. The van der Waals surface area contributed by atoms with Crippen LogP contribution in [0.5, 0.6) is 11.5 Å². The molecule has 1 aromatic rings. The second kappa shape index (κ2) is 8.06. The summed E-state index contributed by atoms with van der Waals surface area (Å²) in [4.78, 5) is 15.1. The molecule has 0 saturated carbocycles. The molecule has 2 aliphatic heterocycles. The average Bonchev–Trinajstić information content (AvgIpc) is 3.30. The van der Waals surface area contributed by atoms with E-state index in [-0.39, 0.29) is 18.0 Å². The molecule has 6 nitrogen and oxygen atoms in total. The number of hydrogen-bond donors (Lipinski definition) is 2. The third kappa shape index (κ3) is 3.75. The Kier molecular flexibility index (Phi) is 5.81. The zero-order chi connectivity index (χ0) is 17.8. The molecule has 2 heterocycles. The normalized spacial score (nSPS) is 26.0. The molecule has 2 aliphatic rings. The summed E-state index contributed by atoms with van der Waals surface area (Å²) >= 11 is 0. The fourth-order valence-corrected chi connectivity index (χ4v) is 3.97. The molecule has 0 spiro atoms.